The smallest absolute Gasteiger partial charge is 0.315 e. The summed E-state index contributed by atoms with van der Waals surface area (Å²) in [6.07, 6.45) is -1.65. The Bertz CT molecular complexity index is 1250. The van der Waals surface area contributed by atoms with E-state index in [1.54, 1.807) is 0 Å². The molecule has 4 saturated carbocycles. The minimum absolute atomic E-state index is 0.0940. The number of ether oxygens (including phenoxy) is 2. The largest absolute Gasteiger partial charge is 0.432 e. The van der Waals surface area contributed by atoms with Gasteiger partial charge in [0.05, 0.1) is 29.8 Å². The lowest BCUT2D eigenvalue weighted by atomic mass is 9.33. The number of aliphatic hydroxyl groups excluding tert-OH is 6. The number of carbonyl (C=O) groups excluding carboxylic acids is 1. The van der Waals surface area contributed by atoms with Gasteiger partial charge in [-0.25, -0.2) is 0 Å². The molecule has 1 unspecified atom stereocenters. The van der Waals surface area contributed by atoms with Gasteiger partial charge in [-0.05, 0) is 97.7 Å². The second kappa shape index (κ2) is 10.9. The molecule has 6 aliphatic rings. The van der Waals surface area contributed by atoms with Gasteiger partial charge in [0, 0.05) is 5.92 Å². The van der Waals surface area contributed by atoms with Crippen LogP contribution in [-0.2, 0) is 14.3 Å². The van der Waals surface area contributed by atoms with Crippen molar-refractivity contribution in [3.05, 3.63) is 11.6 Å². The molecule has 0 amide bonds. The summed E-state index contributed by atoms with van der Waals surface area (Å²) in [4.78, 5) is 14.5. The summed E-state index contributed by atoms with van der Waals surface area (Å²) in [6.45, 7) is 14.4. The number of allylic oxidation sites excluding steroid dienone is 1. The lowest BCUT2D eigenvalue weighted by Crippen LogP contribution is -2.69. The number of fused-ring (bicyclic) bond motifs is 7. The van der Waals surface area contributed by atoms with Gasteiger partial charge in [0.15, 0.2) is 0 Å². The maximum atomic E-state index is 14.5. The topological polar surface area (TPSA) is 177 Å². The van der Waals surface area contributed by atoms with Gasteiger partial charge >= 0.3 is 5.97 Å². The molecule has 5 aliphatic carbocycles. The van der Waals surface area contributed by atoms with Crippen molar-refractivity contribution >= 4 is 5.97 Å². The summed E-state index contributed by atoms with van der Waals surface area (Å²) in [5.74, 6) is -0.787. The van der Waals surface area contributed by atoms with Crippen molar-refractivity contribution in [1.82, 2.24) is 0 Å². The molecule has 5 fully saturated rings. The number of esters is 1. The number of rotatable bonds is 3. The number of carbonyl (C=O) groups is 1. The molecule has 46 heavy (non-hydrogen) atoms. The summed E-state index contributed by atoms with van der Waals surface area (Å²) >= 11 is 0. The third kappa shape index (κ3) is 4.39. The molecule has 1 saturated heterocycles. The molecule has 1 heterocycles. The minimum atomic E-state index is -1.70. The Morgan fingerprint density at radius 3 is 2.24 bits per heavy atom. The molecule has 10 heteroatoms. The molecule has 7 N–H and O–H groups in total. The van der Waals surface area contributed by atoms with Crippen LogP contribution in [0, 0.1) is 50.7 Å². The Kier molecular flexibility index (Phi) is 8.27. The second-order valence-corrected chi connectivity index (χ2v) is 17.7. The van der Waals surface area contributed by atoms with E-state index in [1.807, 2.05) is 13.8 Å². The van der Waals surface area contributed by atoms with Crippen LogP contribution in [0.25, 0.3) is 0 Å². The Morgan fingerprint density at radius 1 is 0.913 bits per heavy atom. The van der Waals surface area contributed by atoms with Crippen LogP contribution in [0.5, 0.6) is 0 Å². The highest BCUT2D eigenvalue weighted by Crippen LogP contribution is 2.76. The molecule has 0 bridgehead atoms. The monoisotopic (exact) mass is 650 g/mol. The maximum absolute atomic E-state index is 14.5. The van der Waals surface area contributed by atoms with E-state index in [0.717, 1.165) is 24.8 Å². The van der Waals surface area contributed by atoms with E-state index >= 15 is 0 Å². The molecule has 0 aromatic heterocycles. The fourth-order valence-electron chi connectivity index (χ4n) is 12.4. The van der Waals surface area contributed by atoms with Crippen LogP contribution in [0.1, 0.15) is 99.8 Å². The van der Waals surface area contributed by atoms with Crippen LogP contribution in [0.15, 0.2) is 11.6 Å². The standard InChI is InChI=1S/C36H58O10/c1-18-10-13-36(30(43)46-29-26(41)25(40)24(39)21(17-37)45-29)15-14-33(5)19(27(36)35(18,7)44)8-9-23-32(4)16-20(38)28(42)31(2,3)22(32)11-12-34(23,33)6/h8,18,20-29,37-42,44H,9-17H2,1-7H3/t18-,20+,21-,22?,23+,24-,25+,26-,27+,28+,29+,32+,33-,34-,35-,36+/m1/s1. The first-order valence-electron chi connectivity index (χ1n) is 17.5. The van der Waals surface area contributed by atoms with E-state index in [2.05, 4.69) is 40.7 Å². The third-order valence-electron chi connectivity index (χ3n) is 15.5. The normalized spacial score (nSPS) is 56.4. The van der Waals surface area contributed by atoms with Gasteiger partial charge in [-0.15, -0.1) is 0 Å². The van der Waals surface area contributed by atoms with Gasteiger partial charge < -0.3 is 45.2 Å². The van der Waals surface area contributed by atoms with E-state index in [9.17, 15) is 40.5 Å². The first kappa shape index (κ1) is 34.7. The third-order valence-corrected chi connectivity index (χ3v) is 15.5. The Labute approximate surface area is 273 Å². The van der Waals surface area contributed by atoms with Gasteiger partial charge in [0.1, 0.15) is 24.4 Å². The van der Waals surface area contributed by atoms with Gasteiger partial charge in [-0.1, -0.05) is 53.2 Å². The molecule has 0 aromatic rings. The zero-order chi connectivity index (χ0) is 34.0. The van der Waals surface area contributed by atoms with Crippen molar-refractivity contribution in [1.29, 1.82) is 0 Å². The van der Waals surface area contributed by atoms with Crippen LogP contribution in [0.2, 0.25) is 0 Å². The summed E-state index contributed by atoms with van der Waals surface area (Å²) < 4.78 is 11.5. The van der Waals surface area contributed by atoms with Crippen molar-refractivity contribution < 1.29 is 50.0 Å². The fourth-order valence-corrected chi connectivity index (χ4v) is 12.4. The first-order valence-corrected chi connectivity index (χ1v) is 17.5. The van der Waals surface area contributed by atoms with E-state index in [-0.39, 0.29) is 34.0 Å². The SMILES string of the molecule is C[C@@H]1CC[C@]2(C(=O)O[C@@H]3O[C@H](CO)[C@@H](O)[C@H](O)[C@H]3O)CC[C@]3(C)C(=CC[C@H]4[C@@]5(C)C[C@H](O)[C@H](O)C(C)(C)C5CC[C@]43C)[C@H]2[C@]1(C)O. The van der Waals surface area contributed by atoms with Crippen molar-refractivity contribution in [3.63, 3.8) is 0 Å². The summed E-state index contributed by atoms with van der Waals surface area (Å²) in [7, 11) is 0. The maximum Gasteiger partial charge on any atom is 0.315 e. The molecular weight excluding hydrogens is 592 g/mol. The molecule has 262 valence electrons. The van der Waals surface area contributed by atoms with Crippen molar-refractivity contribution in [2.24, 2.45) is 50.7 Å². The predicted octanol–water partition coefficient (Wildman–Crippen LogP) is 2.43. The number of aliphatic hydroxyl groups is 7. The van der Waals surface area contributed by atoms with Gasteiger partial charge in [-0.3, -0.25) is 4.79 Å². The lowest BCUT2D eigenvalue weighted by Gasteiger charge is -2.72. The highest BCUT2D eigenvalue weighted by Gasteiger charge is 2.72. The van der Waals surface area contributed by atoms with Crippen molar-refractivity contribution in [2.75, 3.05) is 6.61 Å². The molecular formula is C36H58O10. The van der Waals surface area contributed by atoms with Crippen LogP contribution in [0.4, 0.5) is 0 Å². The molecule has 1 aliphatic heterocycles. The Morgan fingerprint density at radius 2 is 1.59 bits per heavy atom. The van der Waals surface area contributed by atoms with Gasteiger partial charge in [0.2, 0.25) is 6.29 Å². The fraction of sp³-hybridized carbons (Fsp3) is 0.917. The van der Waals surface area contributed by atoms with Gasteiger partial charge in [-0.2, -0.15) is 0 Å². The highest BCUT2D eigenvalue weighted by atomic mass is 16.7. The van der Waals surface area contributed by atoms with Crippen LogP contribution in [-0.4, -0.2) is 96.8 Å². The lowest BCUT2D eigenvalue weighted by molar-refractivity contribution is -0.299. The molecule has 0 aromatic carbocycles. The minimum Gasteiger partial charge on any atom is -0.432 e. The summed E-state index contributed by atoms with van der Waals surface area (Å²) in [5, 5.41) is 75.6. The highest BCUT2D eigenvalue weighted by molar-refractivity contribution is 5.79. The van der Waals surface area contributed by atoms with Crippen LogP contribution >= 0.6 is 0 Å². The summed E-state index contributed by atoms with van der Waals surface area (Å²) in [6, 6.07) is 0. The van der Waals surface area contributed by atoms with Crippen LogP contribution < -0.4 is 0 Å². The molecule has 0 spiro atoms. The molecule has 6 rings (SSSR count). The Hall–Kier alpha value is -1.11. The second-order valence-electron chi connectivity index (χ2n) is 17.7. The predicted molar refractivity (Wildman–Crippen MR) is 168 cm³/mol. The number of hydrogen-bond donors (Lipinski definition) is 7. The quantitative estimate of drug-likeness (QED) is 0.177. The summed E-state index contributed by atoms with van der Waals surface area (Å²) in [5.41, 5.74) is -2.44. The van der Waals surface area contributed by atoms with E-state index in [4.69, 9.17) is 9.47 Å². The zero-order valence-corrected chi connectivity index (χ0v) is 28.6. The molecule has 16 atom stereocenters. The molecule has 0 radical (unpaired) electrons. The van der Waals surface area contributed by atoms with E-state index < -0.39 is 77.8 Å². The van der Waals surface area contributed by atoms with E-state index in [0.29, 0.717) is 32.1 Å². The van der Waals surface area contributed by atoms with Crippen molar-refractivity contribution in [3.8, 4) is 0 Å². The van der Waals surface area contributed by atoms with Crippen molar-refractivity contribution in [2.45, 2.75) is 148 Å². The zero-order valence-electron chi connectivity index (χ0n) is 28.6. The van der Waals surface area contributed by atoms with E-state index in [1.165, 1.54) is 0 Å². The van der Waals surface area contributed by atoms with Crippen LogP contribution in [0.3, 0.4) is 0 Å². The number of hydrogen-bond acceptors (Lipinski definition) is 10. The average Bonchev–Trinajstić information content (AvgIpc) is 2.98. The average molecular weight is 651 g/mol. The first-order chi connectivity index (χ1) is 21.2. The molecule has 10 nitrogen and oxygen atoms in total. The Balaban J connectivity index is 1.39. The van der Waals surface area contributed by atoms with Gasteiger partial charge in [0.25, 0.3) is 0 Å².